The number of methoxy groups -OCH3 is 2. The number of benzene rings is 2. The molecule has 166 valence electrons. The van der Waals surface area contributed by atoms with Gasteiger partial charge in [0.15, 0.2) is 0 Å². The minimum Gasteiger partial charge on any atom is -0.497 e. The number of nitrogens with one attached hydrogen (secondary N) is 2. The summed E-state index contributed by atoms with van der Waals surface area (Å²) in [4.78, 5) is 29.2. The van der Waals surface area contributed by atoms with E-state index in [2.05, 4.69) is 40.8 Å². The topological polar surface area (TPSA) is 83.1 Å². The van der Waals surface area contributed by atoms with Gasteiger partial charge in [-0.3, -0.25) is 9.59 Å². The van der Waals surface area contributed by atoms with Crippen LogP contribution in [0.15, 0.2) is 36.4 Å². The molecule has 1 atom stereocenters. The summed E-state index contributed by atoms with van der Waals surface area (Å²) in [5.41, 5.74) is 4.03. The van der Waals surface area contributed by atoms with Gasteiger partial charge in [0, 0.05) is 31.9 Å². The molecule has 1 aliphatic rings. The van der Waals surface area contributed by atoms with Crippen molar-refractivity contribution >= 4 is 23.2 Å². The summed E-state index contributed by atoms with van der Waals surface area (Å²) in [6.45, 7) is 1.32. The maximum Gasteiger partial charge on any atom is 0.313 e. The Labute approximate surface area is 183 Å². The Bertz CT molecular complexity index is 961. The molecule has 3 rings (SSSR count). The number of nitrogens with zero attached hydrogens (tertiary/aromatic N) is 2. The number of hydrogen-bond acceptors (Lipinski definition) is 6. The summed E-state index contributed by atoms with van der Waals surface area (Å²) in [6, 6.07) is 11.3. The molecule has 0 aromatic heterocycles. The van der Waals surface area contributed by atoms with Crippen molar-refractivity contribution in [3.63, 3.8) is 0 Å². The molecule has 0 saturated heterocycles. The fourth-order valence-electron chi connectivity index (χ4n) is 3.75. The number of likely N-dealkylation sites (N-methyl/N-ethyl adjacent to an activating group) is 2. The smallest absolute Gasteiger partial charge is 0.313 e. The van der Waals surface area contributed by atoms with Crippen LogP contribution >= 0.6 is 0 Å². The molecule has 2 aromatic carbocycles. The predicted molar refractivity (Wildman–Crippen MR) is 121 cm³/mol. The molecular formula is C23H30N4O4. The first-order chi connectivity index (χ1) is 14.8. The highest BCUT2D eigenvalue weighted by molar-refractivity contribution is 6.39. The number of anilines is 2. The first-order valence-corrected chi connectivity index (χ1v) is 10.2. The van der Waals surface area contributed by atoms with Crippen molar-refractivity contribution in [3.8, 4) is 11.5 Å². The third-order valence-corrected chi connectivity index (χ3v) is 5.56. The molecule has 0 spiro atoms. The van der Waals surface area contributed by atoms with Crippen LogP contribution in [0.3, 0.4) is 0 Å². The van der Waals surface area contributed by atoms with E-state index in [9.17, 15) is 9.59 Å². The van der Waals surface area contributed by atoms with Gasteiger partial charge >= 0.3 is 11.8 Å². The number of hydrogen-bond donors (Lipinski definition) is 2. The van der Waals surface area contributed by atoms with Crippen LogP contribution in [0, 0.1) is 0 Å². The van der Waals surface area contributed by atoms with Crippen LogP contribution in [0.2, 0.25) is 0 Å². The zero-order chi connectivity index (χ0) is 22.5. The fraction of sp³-hybridized carbons (Fsp3) is 0.391. The van der Waals surface area contributed by atoms with E-state index >= 15 is 0 Å². The predicted octanol–water partition coefficient (Wildman–Crippen LogP) is 2.05. The molecule has 0 unspecified atom stereocenters. The Hall–Kier alpha value is -3.26. The van der Waals surface area contributed by atoms with E-state index in [0.29, 0.717) is 23.7 Å². The normalized spacial score (nSPS) is 13.5. The Kier molecular flexibility index (Phi) is 7.02. The lowest BCUT2D eigenvalue weighted by Crippen LogP contribution is -2.40. The summed E-state index contributed by atoms with van der Waals surface area (Å²) < 4.78 is 10.4. The van der Waals surface area contributed by atoms with E-state index in [1.807, 2.05) is 19.0 Å². The molecular weight excluding hydrogens is 396 g/mol. The van der Waals surface area contributed by atoms with Gasteiger partial charge in [0.2, 0.25) is 0 Å². The van der Waals surface area contributed by atoms with Gasteiger partial charge in [0.25, 0.3) is 0 Å². The standard InChI is InChI=1S/C23H30N4O4/c1-26(2)20(15-6-8-19-16(12-15)10-11-27(19)3)14-24-22(28)23(29)25-18-13-17(30-4)7-9-21(18)31-5/h6-9,12-13,20H,10-11,14H2,1-5H3,(H,24,28)(H,25,29)/t20-/m0/s1. The van der Waals surface area contributed by atoms with Gasteiger partial charge < -0.3 is 29.9 Å². The summed E-state index contributed by atoms with van der Waals surface area (Å²) in [5, 5.41) is 5.34. The lowest BCUT2D eigenvalue weighted by Gasteiger charge is -2.26. The van der Waals surface area contributed by atoms with E-state index in [-0.39, 0.29) is 6.04 Å². The van der Waals surface area contributed by atoms with Crippen molar-refractivity contribution in [1.29, 1.82) is 0 Å². The van der Waals surface area contributed by atoms with Crippen molar-refractivity contribution < 1.29 is 19.1 Å². The van der Waals surface area contributed by atoms with Crippen molar-refractivity contribution in [1.82, 2.24) is 10.2 Å². The average Bonchev–Trinajstić information content (AvgIpc) is 3.13. The lowest BCUT2D eigenvalue weighted by atomic mass is 10.0. The second-order valence-corrected chi connectivity index (χ2v) is 7.77. The van der Waals surface area contributed by atoms with Crippen LogP contribution in [0.5, 0.6) is 11.5 Å². The SMILES string of the molecule is COc1ccc(OC)c(NC(=O)C(=O)NC[C@@H](c2ccc3c(c2)CCN3C)N(C)C)c1. The third kappa shape index (κ3) is 5.08. The van der Waals surface area contributed by atoms with Crippen LogP contribution in [0.1, 0.15) is 17.2 Å². The van der Waals surface area contributed by atoms with Crippen LogP contribution < -0.4 is 25.0 Å². The quantitative estimate of drug-likeness (QED) is 0.660. The Morgan fingerprint density at radius 2 is 1.87 bits per heavy atom. The molecule has 1 aliphatic heterocycles. The lowest BCUT2D eigenvalue weighted by molar-refractivity contribution is -0.136. The number of ether oxygens (including phenoxy) is 2. The van der Waals surface area contributed by atoms with Gasteiger partial charge in [0.1, 0.15) is 11.5 Å². The Morgan fingerprint density at radius 3 is 2.55 bits per heavy atom. The van der Waals surface area contributed by atoms with Gasteiger partial charge in [-0.1, -0.05) is 12.1 Å². The van der Waals surface area contributed by atoms with Crippen molar-refractivity contribution in [2.75, 3.05) is 58.7 Å². The zero-order valence-electron chi connectivity index (χ0n) is 18.7. The van der Waals surface area contributed by atoms with Crippen LogP contribution in [-0.4, -0.2) is 65.2 Å². The first kappa shape index (κ1) is 22.4. The molecule has 0 aliphatic carbocycles. The van der Waals surface area contributed by atoms with E-state index in [1.165, 1.54) is 25.5 Å². The molecule has 0 fully saturated rings. The second kappa shape index (κ2) is 9.70. The largest absolute Gasteiger partial charge is 0.497 e. The maximum atomic E-state index is 12.5. The van der Waals surface area contributed by atoms with E-state index in [0.717, 1.165) is 18.5 Å². The Balaban J connectivity index is 1.66. The molecule has 8 heteroatoms. The molecule has 2 amide bonds. The summed E-state index contributed by atoms with van der Waals surface area (Å²) >= 11 is 0. The monoisotopic (exact) mass is 426 g/mol. The highest BCUT2D eigenvalue weighted by Crippen LogP contribution is 2.31. The van der Waals surface area contributed by atoms with E-state index < -0.39 is 11.8 Å². The zero-order valence-corrected chi connectivity index (χ0v) is 18.7. The van der Waals surface area contributed by atoms with Gasteiger partial charge in [-0.05, 0) is 49.8 Å². The maximum absolute atomic E-state index is 12.5. The molecule has 8 nitrogen and oxygen atoms in total. The third-order valence-electron chi connectivity index (χ3n) is 5.56. The highest BCUT2D eigenvalue weighted by Gasteiger charge is 2.22. The second-order valence-electron chi connectivity index (χ2n) is 7.77. The van der Waals surface area contributed by atoms with Gasteiger partial charge in [-0.2, -0.15) is 0 Å². The number of amides is 2. The number of rotatable bonds is 7. The summed E-state index contributed by atoms with van der Waals surface area (Å²) in [7, 11) is 9.02. The molecule has 1 heterocycles. The molecule has 0 saturated carbocycles. The van der Waals surface area contributed by atoms with Gasteiger partial charge in [0.05, 0.1) is 25.9 Å². The molecule has 0 radical (unpaired) electrons. The van der Waals surface area contributed by atoms with Crippen molar-refractivity contribution in [2.24, 2.45) is 0 Å². The average molecular weight is 427 g/mol. The minimum atomic E-state index is -0.764. The fourth-order valence-corrected chi connectivity index (χ4v) is 3.75. The van der Waals surface area contributed by atoms with Crippen LogP contribution in [0.4, 0.5) is 11.4 Å². The van der Waals surface area contributed by atoms with E-state index in [1.54, 1.807) is 18.2 Å². The van der Waals surface area contributed by atoms with Gasteiger partial charge in [-0.15, -0.1) is 0 Å². The van der Waals surface area contributed by atoms with Crippen LogP contribution in [-0.2, 0) is 16.0 Å². The molecule has 0 bridgehead atoms. The minimum absolute atomic E-state index is 0.0562. The highest BCUT2D eigenvalue weighted by atomic mass is 16.5. The first-order valence-electron chi connectivity index (χ1n) is 10.2. The number of fused-ring (bicyclic) bond motifs is 1. The van der Waals surface area contributed by atoms with Crippen molar-refractivity contribution in [2.45, 2.75) is 12.5 Å². The molecule has 31 heavy (non-hydrogen) atoms. The van der Waals surface area contributed by atoms with E-state index in [4.69, 9.17) is 9.47 Å². The summed E-state index contributed by atoms with van der Waals surface area (Å²) in [5.74, 6) is -0.486. The molecule has 2 aromatic rings. The number of carbonyl (C=O) groups is 2. The molecule has 2 N–H and O–H groups in total. The van der Waals surface area contributed by atoms with Crippen LogP contribution in [0.25, 0.3) is 0 Å². The van der Waals surface area contributed by atoms with Crippen molar-refractivity contribution in [3.05, 3.63) is 47.5 Å². The number of carbonyl (C=O) groups excluding carboxylic acids is 2. The summed E-state index contributed by atoms with van der Waals surface area (Å²) in [6.07, 6.45) is 1.01. The Morgan fingerprint density at radius 1 is 1.10 bits per heavy atom. The van der Waals surface area contributed by atoms with Gasteiger partial charge in [-0.25, -0.2) is 0 Å².